The van der Waals surface area contributed by atoms with Crippen LogP contribution in [0.15, 0.2) is 16.3 Å². The highest BCUT2D eigenvalue weighted by molar-refractivity contribution is 7.94. The molecule has 0 aliphatic heterocycles. The van der Waals surface area contributed by atoms with Crippen LogP contribution in [0.3, 0.4) is 0 Å². The molecule has 0 aliphatic carbocycles. The standard InChI is InChI=1S/C13H18N4O2S2/c1-8-6-12(20-10(8)3)21(18,19)16-11-7-9(2)14-15-13(11)17(4)5/h6-7H,1-5H3,(H,14,16). The second kappa shape index (κ2) is 5.61. The molecule has 0 fully saturated rings. The maximum absolute atomic E-state index is 12.5. The number of sulfonamides is 1. The van der Waals surface area contributed by atoms with Crippen LogP contribution in [-0.4, -0.2) is 32.7 Å². The first-order valence-corrected chi connectivity index (χ1v) is 8.62. The van der Waals surface area contributed by atoms with Gasteiger partial charge in [-0.3, -0.25) is 4.72 Å². The van der Waals surface area contributed by atoms with Crippen LogP contribution in [0.1, 0.15) is 16.1 Å². The molecule has 0 aliphatic rings. The number of aryl methyl sites for hydroxylation is 3. The third-order valence-electron chi connectivity index (χ3n) is 2.97. The Kier molecular flexibility index (Phi) is 4.20. The highest BCUT2D eigenvalue weighted by Crippen LogP contribution is 2.29. The molecule has 8 heteroatoms. The minimum atomic E-state index is -3.61. The fraction of sp³-hybridized carbons (Fsp3) is 0.385. The topological polar surface area (TPSA) is 75.2 Å². The number of hydrogen-bond acceptors (Lipinski definition) is 6. The first-order chi connectivity index (χ1) is 9.70. The van der Waals surface area contributed by atoms with Gasteiger partial charge in [0.15, 0.2) is 5.82 Å². The van der Waals surface area contributed by atoms with Gasteiger partial charge < -0.3 is 4.90 Å². The molecule has 0 saturated heterocycles. The summed E-state index contributed by atoms with van der Waals surface area (Å²) in [5.74, 6) is 0.481. The third-order valence-corrected chi connectivity index (χ3v) is 5.96. The molecule has 0 aromatic carbocycles. The summed E-state index contributed by atoms with van der Waals surface area (Å²) in [6.07, 6.45) is 0. The summed E-state index contributed by atoms with van der Waals surface area (Å²) in [5, 5.41) is 7.99. The van der Waals surface area contributed by atoms with Gasteiger partial charge in [0.2, 0.25) is 0 Å². The third kappa shape index (κ3) is 3.33. The van der Waals surface area contributed by atoms with Crippen LogP contribution in [0.25, 0.3) is 0 Å². The Labute approximate surface area is 128 Å². The van der Waals surface area contributed by atoms with E-state index in [2.05, 4.69) is 14.9 Å². The average Bonchev–Trinajstić information content (AvgIpc) is 2.69. The zero-order valence-electron chi connectivity index (χ0n) is 12.6. The monoisotopic (exact) mass is 326 g/mol. The van der Waals surface area contributed by atoms with E-state index in [4.69, 9.17) is 0 Å². The molecule has 114 valence electrons. The summed E-state index contributed by atoms with van der Waals surface area (Å²) in [6.45, 7) is 5.57. The van der Waals surface area contributed by atoms with Crippen molar-refractivity contribution in [2.45, 2.75) is 25.0 Å². The van der Waals surface area contributed by atoms with E-state index in [1.807, 2.05) is 13.8 Å². The van der Waals surface area contributed by atoms with Crippen molar-refractivity contribution in [2.75, 3.05) is 23.7 Å². The van der Waals surface area contributed by atoms with E-state index in [0.717, 1.165) is 10.4 Å². The van der Waals surface area contributed by atoms with Crippen molar-refractivity contribution in [3.05, 3.63) is 28.3 Å². The van der Waals surface area contributed by atoms with E-state index in [0.29, 0.717) is 21.4 Å². The Balaban J connectivity index is 2.43. The Bertz CT molecular complexity index is 747. The summed E-state index contributed by atoms with van der Waals surface area (Å²) < 4.78 is 27.9. The molecule has 2 heterocycles. The highest BCUT2D eigenvalue weighted by atomic mass is 32.2. The highest BCUT2D eigenvalue weighted by Gasteiger charge is 2.20. The largest absolute Gasteiger partial charge is 0.360 e. The normalized spacial score (nSPS) is 11.5. The van der Waals surface area contributed by atoms with Gasteiger partial charge in [-0.05, 0) is 38.5 Å². The van der Waals surface area contributed by atoms with E-state index in [9.17, 15) is 8.42 Å². The second-order valence-corrected chi connectivity index (χ2v) is 8.19. The molecule has 2 aromatic rings. The van der Waals surface area contributed by atoms with Crippen molar-refractivity contribution >= 4 is 32.9 Å². The maximum Gasteiger partial charge on any atom is 0.271 e. The fourth-order valence-corrected chi connectivity index (χ4v) is 4.32. The predicted octanol–water partition coefficient (Wildman–Crippen LogP) is 2.33. The number of aromatic nitrogens is 2. The molecule has 6 nitrogen and oxygen atoms in total. The molecule has 0 bridgehead atoms. The maximum atomic E-state index is 12.5. The minimum absolute atomic E-state index is 0.302. The molecular weight excluding hydrogens is 308 g/mol. The van der Waals surface area contributed by atoms with Crippen LogP contribution >= 0.6 is 11.3 Å². The number of hydrogen-bond donors (Lipinski definition) is 1. The number of rotatable bonds is 4. The van der Waals surface area contributed by atoms with Gasteiger partial charge in [-0.2, -0.15) is 5.10 Å². The number of thiophene rings is 1. The van der Waals surface area contributed by atoms with Gasteiger partial charge in [-0.25, -0.2) is 8.42 Å². The Morgan fingerprint density at radius 3 is 2.33 bits per heavy atom. The van der Waals surface area contributed by atoms with Crippen molar-refractivity contribution in [3.8, 4) is 0 Å². The minimum Gasteiger partial charge on any atom is -0.360 e. The Hall–Kier alpha value is -1.67. The summed E-state index contributed by atoms with van der Waals surface area (Å²) in [5.41, 5.74) is 2.05. The van der Waals surface area contributed by atoms with E-state index >= 15 is 0 Å². The van der Waals surface area contributed by atoms with Crippen LogP contribution in [0.2, 0.25) is 0 Å². The number of anilines is 2. The van der Waals surface area contributed by atoms with Gasteiger partial charge in [0.1, 0.15) is 4.21 Å². The molecule has 0 amide bonds. The predicted molar refractivity (Wildman–Crippen MR) is 85.7 cm³/mol. The fourth-order valence-electron chi connectivity index (χ4n) is 1.75. The zero-order valence-corrected chi connectivity index (χ0v) is 14.3. The molecule has 0 saturated carbocycles. The smallest absolute Gasteiger partial charge is 0.271 e. The Morgan fingerprint density at radius 2 is 1.81 bits per heavy atom. The number of nitrogens with zero attached hydrogens (tertiary/aromatic N) is 3. The summed E-state index contributed by atoms with van der Waals surface area (Å²) in [6, 6.07) is 3.35. The number of nitrogens with one attached hydrogen (secondary N) is 1. The van der Waals surface area contributed by atoms with Crippen LogP contribution < -0.4 is 9.62 Å². The molecular formula is C13H18N4O2S2. The lowest BCUT2D eigenvalue weighted by Crippen LogP contribution is -2.18. The van der Waals surface area contributed by atoms with E-state index in [-0.39, 0.29) is 0 Å². The molecule has 0 unspecified atom stereocenters. The first-order valence-electron chi connectivity index (χ1n) is 6.32. The van der Waals surface area contributed by atoms with Crippen molar-refractivity contribution in [3.63, 3.8) is 0 Å². The van der Waals surface area contributed by atoms with Crippen LogP contribution in [0.4, 0.5) is 11.5 Å². The lowest BCUT2D eigenvalue weighted by Gasteiger charge is -2.16. The molecule has 21 heavy (non-hydrogen) atoms. The van der Waals surface area contributed by atoms with Crippen LogP contribution in [-0.2, 0) is 10.0 Å². The van der Waals surface area contributed by atoms with Gasteiger partial charge in [0, 0.05) is 19.0 Å². The van der Waals surface area contributed by atoms with Crippen molar-refractivity contribution in [2.24, 2.45) is 0 Å². The molecule has 2 rings (SSSR count). The molecule has 0 spiro atoms. The van der Waals surface area contributed by atoms with Gasteiger partial charge in [0.25, 0.3) is 10.0 Å². The van der Waals surface area contributed by atoms with Crippen molar-refractivity contribution < 1.29 is 8.42 Å². The lowest BCUT2D eigenvalue weighted by molar-refractivity contribution is 0.603. The molecule has 1 N–H and O–H groups in total. The molecule has 2 aromatic heterocycles. The van der Waals surface area contributed by atoms with E-state index < -0.39 is 10.0 Å². The van der Waals surface area contributed by atoms with Crippen molar-refractivity contribution in [1.29, 1.82) is 0 Å². The SMILES string of the molecule is Cc1cc(NS(=O)(=O)c2cc(C)c(C)s2)c(N(C)C)nn1. The summed E-state index contributed by atoms with van der Waals surface area (Å²) in [4.78, 5) is 2.71. The van der Waals surface area contributed by atoms with E-state index in [1.54, 1.807) is 38.1 Å². The zero-order chi connectivity index (χ0) is 15.8. The van der Waals surface area contributed by atoms with E-state index in [1.165, 1.54) is 11.3 Å². The molecule has 0 atom stereocenters. The molecule has 0 radical (unpaired) electrons. The summed E-state index contributed by atoms with van der Waals surface area (Å²) >= 11 is 1.26. The van der Waals surface area contributed by atoms with Crippen LogP contribution in [0.5, 0.6) is 0 Å². The lowest BCUT2D eigenvalue weighted by atomic mass is 10.3. The van der Waals surface area contributed by atoms with Crippen LogP contribution in [0, 0.1) is 20.8 Å². The quantitative estimate of drug-likeness (QED) is 0.933. The second-order valence-electron chi connectivity index (χ2n) is 5.03. The Morgan fingerprint density at radius 1 is 1.14 bits per heavy atom. The summed E-state index contributed by atoms with van der Waals surface area (Å²) in [7, 11) is -0.0371. The first kappa shape index (κ1) is 15.7. The van der Waals surface area contributed by atoms with Gasteiger partial charge in [-0.15, -0.1) is 16.4 Å². The van der Waals surface area contributed by atoms with Gasteiger partial charge in [-0.1, -0.05) is 0 Å². The average molecular weight is 326 g/mol. The van der Waals surface area contributed by atoms with Gasteiger partial charge >= 0.3 is 0 Å². The van der Waals surface area contributed by atoms with Crippen molar-refractivity contribution in [1.82, 2.24) is 10.2 Å². The van der Waals surface area contributed by atoms with Gasteiger partial charge in [0.05, 0.1) is 11.4 Å².